The van der Waals surface area contributed by atoms with Gasteiger partial charge in [0.2, 0.25) is 0 Å². The standard InChI is InChI=1S/C26H25N3O3/c1-5-29-23-13-11-17(25(30)27-3)15-22(23)28-24(29)21-9-7-6-8-20(21)19-12-10-18(14-16(19)2)26(31)32-4/h6-15H,5H2,1-4H3,(H,27,30). The lowest BCUT2D eigenvalue weighted by Gasteiger charge is -2.14. The maximum absolute atomic E-state index is 12.1. The Morgan fingerprint density at radius 2 is 1.69 bits per heavy atom. The highest BCUT2D eigenvalue weighted by molar-refractivity contribution is 5.98. The van der Waals surface area contributed by atoms with Crippen LogP contribution in [0, 0.1) is 6.92 Å². The van der Waals surface area contributed by atoms with Crippen LogP contribution in [0.1, 0.15) is 33.2 Å². The van der Waals surface area contributed by atoms with Crippen molar-refractivity contribution in [2.24, 2.45) is 0 Å². The first kappa shape index (κ1) is 21.3. The maximum atomic E-state index is 12.1. The zero-order chi connectivity index (χ0) is 22.8. The summed E-state index contributed by atoms with van der Waals surface area (Å²) in [7, 11) is 3.00. The van der Waals surface area contributed by atoms with Crippen LogP contribution in [0.5, 0.6) is 0 Å². The third kappa shape index (κ3) is 3.64. The van der Waals surface area contributed by atoms with Gasteiger partial charge >= 0.3 is 5.97 Å². The molecule has 6 nitrogen and oxygen atoms in total. The summed E-state index contributed by atoms with van der Waals surface area (Å²) in [6.07, 6.45) is 0. The van der Waals surface area contributed by atoms with Gasteiger partial charge in [-0.05, 0) is 60.9 Å². The van der Waals surface area contributed by atoms with Crippen LogP contribution in [0.3, 0.4) is 0 Å². The van der Waals surface area contributed by atoms with Crippen LogP contribution in [-0.4, -0.2) is 35.6 Å². The van der Waals surface area contributed by atoms with Gasteiger partial charge in [0.05, 0.1) is 23.7 Å². The number of ether oxygens (including phenoxy) is 1. The van der Waals surface area contributed by atoms with Crippen molar-refractivity contribution in [2.75, 3.05) is 14.2 Å². The molecule has 0 atom stereocenters. The molecule has 0 aliphatic heterocycles. The molecule has 4 aromatic rings. The average Bonchev–Trinajstić information content (AvgIpc) is 3.20. The number of aryl methyl sites for hydroxylation is 2. The fourth-order valence-corrected chi connectivity index (χ4v) is 4.06. The molecule has 6 heteroatoms. The second kappa shape index (κ2) is 8.67. The molecule has 0 radical (unpaired) electrons. The quantitative estimate of drug-likeness (QED) is 0.462. The minimum atomic E-state index is -0.354. The van der Waals surface area contributed by atoms with E-state index < -0.39 is 0 Å². The fourth-order valence-electron chi connectivity index (χ4n) is 4.06. The summed E-state index contributed by atoms with van der Waals surface area (Å²) in [4.78, 5) is 28.9. The molecule has 1 aromatic heterocycles. The van der Waals surface area contributed by atoms with Gasteiger partial charge in [0, 0.05) is 24.7 Å². The number of benzene rings is 3. The van der Waals surface area contributed by atoms with E-state index >= 15 is 0 Å². The molecule has 1 amide bonds. The summed E-state index contributed by atoms with van der Waals surface area (Å²) < 4.78 is 7.00. The average molecular weight is 428 g/mol. The van der Waals surface area contributed by atoms with Crippen molar-refractivity contribution in [1.82, 2.24) is 14.9 Å². The van der Waals surface area contributed by atoms with Gasteiger partial charge in [0.1, 0.15) is 5.82 Å². The van der Waals surface area contributed by atoms with Crippen molar-refractivity contribution >= 4 is 22.9 Å². The van der Waals surface area contributed by atoms with Gasteiger partial charge in [-0.2, -0.15) is 0 Å². The Balaban J connectivity index is 1.89. The van der Waals surface area contributed by atoms with Crippen LogP contribution in [0.15, 0.2) is 60.7 Å². The van der Waals surface area contributed by atoms with E-state index in [-0.39, 0.29) is 11.9 Å². The van der Waals surface area contributed by atoms with E-state index in [1.165, 1.54) is 7.11 Å². The highest BCUT2D eigenvalue weighted by atomic mass is 16.5. The third-order valence-electron chi connectivity index (χ3n) is 5.66. The Morgan fingerprint density at radius 1 is 0.969 bits per heavy atom. The molecule has 1 N–H and O–H groups in total. The Bertz CT molecular complexity index is 1340. The first-order valence-corrected chi connectivity index (χ1v) is 10.5. The van der Waals surface area contributed by atoms with Crippen LogP contribution < -0.4 is 5.32 Å². The zero-order valence-corrected chi connectivity index (χ0v) is 18.6. The lowest BCUT2D eigenvalue weighted by molar-refractivity contribution is 0.0600. The van der Waals surface area contributed by atoms with Crippen LogP contribution in [0.2, 0.25) is 0 Å². The molecule has 0 aliphatic rings. The SMILES string of the molecule is CCn1c(-c2ccccc2-c2ccc(C(=O)OC)cc2C)nc2cc(C(=O)NC)ccc21. The predicted octanol–water partition coefficient (Wildman–Crippen LogP) is 4.84. The number of fused-ring (bicyclic) bond motifs is 1. The Kier molecular flexibility index (Phi) is 5.77. The van der Waals surface area contributed by atoms with E-state index in [0.717, 1.165) is 45.7 Å². The Labute approximate surface area is 186 Å². The van der Waals surface area contributed by atoms with E-state index in [4.69, 9.17) is 9.72 Å². The highest BCUT2D eigenvalue weighted by Crippen LogP contribution is 2.35. The number of carbonyl (C=O) groups excluding carboxylic acids is 2. The molecule has 4 rings (SSSR count). The fraction of sp³-hybridized carbons (Fsp3) is 0.192. The van der Waals surface area contributed by atoms with Gasteiger partial charge in [0.25, 0.3) is 5.91 Å². The lowest BCUT2D eigenvalue weighted by Crippen LogP contribution is -2.17. The van der Waals surface area contributed by atoms with Gasteiger partial charge in [-0.25, -0.2) is 9.78 Å². The molecule has 0 saturated heterocycles. The molecule has 0 aliphatic carbocycles. The predicted molar refractivity (Wildman–Crippen MR) is 126 cm³/mol. The third-order valence-corrected chi connectivity index (χ3v) is 5.66. The van der Waals surface area contributed by atoms with Gasteiger partial charge in [-0.1, -0.05) is 30.3 Å². The number of imidazole rings is 1. The summed E-state index contributed by atoms with van der Waals surface area (Å²) in [6, 6.07) is 19.3. The first-order valence-electron chi connectivity index (χ1n) is 10.5. The van der Waals surface area contributed by atoms with Crippen LogP contribution >= 0.6 is 0 Å². The molecular formula is C26H25N3O3. The van der Waals surface area contributed by atoms with Gasteiger partial charge in [-0.15, -0.1) is 0 Å². The molecule has 32 heavy (non-hydrogen) atoms. The molecule has 0 bridgehead atoms. The van der Waals surface area contributed by atoms with Crippen molar-refractivity contribution in [2.45, 2.75) is 20.4 Å². The topological polar surface area (TPSA) is 73.2 Å². The van der Waals surface area contributed by atoms with Crippen molar-refractivity contribution in [3.05, 3.63) is 77.4 Å². The van der Waals surface area contributed by atoms with E-state index in [0.29, 0.717) is 11.1 Å². The molecule has 3 aromatic carbocycles. The van der Waals surface area contributed by atoms with E-state index in [1.807, 2.05) is 49.4 Å². The Morgan fingerprint density at radius 3 is 2.34 bits per heavy atom. The number of hydrogen-bond acceptors (Lipinski definition) is 4. The molecular weight excluding hydrogens is 402 g/mol. The number of nitrogens with one attached hydrogen (secondary N) is 1. The van der Waals surface area contributed by atoms with Crippen molar-refractivity contribution in [3.8, 4) is 22.5 Å². The van der Waals surface area contributed by atoms with Crippen LogP contribution in [0.25, 0.3) is 33.5 Å². The largest absolute Gasteiger partial charge is 0.465 e. The summed E-state index contributed by atoms with van der Waals surface area (Å²) >= 11 is 0. The number of nitrogens with zero attached hydrogens (tertiary/aromatic N) is 2. The van der Waals surface area contributed by atoms with Gasteiger partial charge in [0.15, 0.2) is 0 Å². The number of hydrogen-bond donors (Lipinski definition) is 1. The molecule has 0 unspecified atom stereocenters. The summed E-state index contributed by atoms with van der Waals surface area (Å²) in [5.74, 6) is 0.345. The number of rotatable bonds is 5. The summed E-state index contributed by atoms with van der Waals surface area (Å²) in [5, 5.41) is 2.66. The van der Waals surface area contributed by atoms with Crippen molar-refractivity contribution in [3.63, 3.8) is 0 Å². The minimum absolute atomic E-state index is 0.138. The second-order valence-corrected chi connectivity index (χ2v) is 7.53. The lowest BCUT2D eigenvalue weighted by atomic mass is 9.94. The molecule has 162 valence electrons. The van der Waals surface area contributed by atoms with E-state index in [2.05, 4.69) is 28.9 Å². The van der Waals surface area contributed by atoms with Crippen LogP contribution in [-0.2, 0) is 11.3 Å². The highest BCUT2D eigenvalue weighted by Gasteiger charge is 2.18. The smallest absolute Gasteiger partial charge is 0.337 e. The number of aromatic nitrogens is 2. The zero-order valence-electron chi connectivity index (χ0n) is 18.6. The van der Waals surface area contributed by atoms with E-state index in [9.17, 15) is 9.59 Å². The van der Waals surface area contributed by atoms with E-state index in [1.54, 1.807) is 13.1 Å². The van der Waals surface area contributed by atoms with Crippen molar-refractivity contribution in [1.29, 1.82) is 0 Å². The first-order chi connectivity index (χ1) is 15.5. The maximum Gasteiger partial charge on any atom is 0.337 e. The van der Waals surface area contributed by atoms with Gasteiger partial charge < -0.3 is 14.6 Å². The minimum Gasteiger partial charge on any atom is -0.465 e. The monoisotopic (exact) mass is 427 g/mol. The molecule has 1 heterocycles. The second-order valence-electron chi connectivity index (χ2n) is 7.53. The summed E-state index contributed by atoms with van der Waals surface area (Å²) in [5.41, 5.74) is 6.86. The molecule has 0 saturated carbocycles. The molecule has 0 spiro atoms. The Hall–Kier alpha value is -3.93. The molecule has 0 fully saturated rings. The number of carbonyl (C=O) groups is 2. The normalized spacial score (nSPS) is 10.9. The number of amides is 1. The van der Waals surface area contributed by atoms with Gasteiger partial charge in [-0.3, -0.25) is 4.79 Å². The van der Waals surface area contributed by atoms with Crippen molar-refractivity contribution < 1.29 is 14.3 Å². The van der Waals surface area contributed by atoms with Crippen LogP contribution in [0.4, 0.5) is 0 Å². The number of esters is 1. The summed E-state index contributed by atoms with van der Waals surface area (Å²) in [6.45, 7) is 4.80. The number of methoxy groups -OCH3 is 1.